The quantitative estimate of drug-likeness (QED) is 0.751. The van der Waals surface area contributed by atoms with Crippen molar-refractivity contribution in [3.63, 3.8) is 0 Å². The van der Waals surface area contributed by atoms with Crippen LogP contribution in [0.3, 0.4) is 0 Å². The molecule has 0 aromatic heterocycles. The molecular weight excluding hydrogens is 276 g/mol. The number of aliphatic hydroxyl groups is 1. The Kier molecular flexibility index (Phi) is 4.01. The van der Waals surface area contributed by atoms with Crippen LogP contribution >= 0.6 is 0 Å². The molecule has 0 unspecified atom stereocenters. The predicted octanol–water partition coefficient (Wildman–Crippen LogP) is 3.71. The topological polar surface area (TPSA) is 46.5 Å². The van der Waals surface area contributed by atoms with Crippen molar-refractivity contribution >= 4 is 5.78 Å². The van der Waals surface area contributed by atoms with Crippen LogP contribution in [-0.2, 0) is 9.53 Å². The molecule has 3 aliphatic rings. The number of ether oxygens (including phenoxy) is 1. The number of fused-ring (bicyclic) bond motifs is 1. The van der Waals surface area contributed by atoms with Crippen molar-refractivity contribution in [1.29, 1.82) is 0 Å². The molecule has 1 N–H and O–H groups in total. The molecule has 22 heavy (non-hydrogen) atoms. The van der Waals surface area contributed by atoms with Gasteiger partial charge in [-0.3, -0.25) is 4.79 Å². The summed E-state index contributed by atoms with van der Waals surface area (Å²) < 4.78 is 5.45. The Morgan fingerprint density at radius 2 is 2.00 bits per heavy atom. The first-order valence-electron chi connectivity index (χ1n) is 8.76. The first kappa shape index (κ1) is 16.2. The fourth-order valence-electron chi connectivity index (χ4n) is 5.68. The van der Waals surface area contributed by atoms with E-state index in [9.17, 15) is 9.90 Å². The van der Waals surface area contributed by atoms with E-state index in [1.165, 1.54) is 12.8 Å². The Morgan fingerprint density at radius 3 is 2.64 bits per heavy atom. The Balaban J connectivity index is 1.96. The van der Waals surface area contributed by atoms with E-state index in [4.69, 9.17) is 4.74 Å². The number of carbonyl (C=O) groups excluding carboxylic acids is 1. The molecule has 0 spiro atoms. The minimum atomic E-state index is -0.730. The van der Waals surface area contributed by atoms with E-state index in [0.29, 0.717) is 24.2 Å². The first-order chi connectivity index (χ1) is 10.3. The summed E-state index contributed by atoms with van der Waals surface area (Å²) in [5, 5.41) is 10.2. The van der Waals surface area contributed by atoms with Gasteiger partial charge in [-0.1, -0.05) is 38.8 Å². The average Bonchev–Trinajstić information content (AvgIpc) is 2.76. The van der Waals surface area contributed by atoms with Crippen molar-refractivity contribution in [1.82, 2.24) is 0 Å². The van der Waals surface area contributed by atoms with Gasteiger partial charge in [-0.2, -0.15) is 0 Å². The Bertz CT molecular complexity index is 493. The largest absolute Gasteiger partial charge is 0.367 e. The lowest BCUT2D eigenvalue weighted by atomic mass is 9.53. The number of allylic oxidation sites excluding steroid dienone is 1. The minimum absolute atomic E-state index is 0.0218. The molecule has 3 rings (SSSR count). The van der Waals surface area contributed by atoms with Gasteiger partial charge in [0.25, 0.3) is 0 Å². The zero-order valence-electron chi connectivity index (χ0n) is 14.4. The number of hydrogen-bond acceptors (Lipinski definition) is 3. The molecule has 0 radical (unpaired) electrons. The van der Waals surface area contributed by atoms with Crippen LogP contribution in [0, 0.1) is 28.6 Å². The molecule has 0 aromatic rings. The zero-order valence-corrected chi connectivity index (χ0v) is 14.4. The maximum Gasteiger partial charge on any atom is 0.161 e. The normalized spacial score (nSPS) is 46.8. The summed E-state index contributed by atoms with van der Waals surface area (Å²) in [6.07, 6.45) is 6.56. The number of hydrogen-bond donors (Lipinski definition) is 1. The maximum absolute atomic E-state index is 13.0. The van der Waals surface area contributed by atoms with Crippen molar-refractivity contribution in [2.45, 2.75) is 66.1 Å². The van der Waals surface area contributed by atoms with Crippen LogP contribution in [0.15, 0.2) is 11.6 Å². The summed E-state index contributed by atoms with van der Waals surface area (Å²) >= 11 is 0. The molecule has 0 bridgehead atoms. The highest BCUT2D eigenvalue weighted by Crippen LogP contribution is 2.56. The number of carbonyl (C=O) groups is 1. The van der Waals surface area contributed by atoms with Gasteiger partial charge in [0, 0.05) is 24.2 Å². The summed E-state index contributed by atoms with van der Waals surface area (Å²) in [6.45, 7) is 9.47. The summed E-state index contributed by atoms with van der Waals surface area (Å²) in [6, 6.07) is 0. The molecule has 1 aliphatic heterocycles. The van der Waals surface area contributed by atoms with Crippen LogP contribution in [0.4, 0.5) is 0 Å². The number of rotatable bonds is 1. The van der Waals surface area contributed by atoms with Gasteiger partial charge in [0.15, 0.2) is 6.29 Å². The third-order valence-electron chi connectivity index (χ3n) is 6.31. The molecule has 0 aromatic carbocycles. The smallest absolute Gasteiger partial charge is 0.161 e. The second-order valence-corrected chi connectivity index (χ2v) is 8.75. The lowest BCUT2D eigenvalue weighted by Crippen LogP contribution is -2.47. The van der Waals surface area contributed by atoms with Crippen molar-refractivity contribution in [3.8, 4) is 0 Å². The number of ketones is 1. The Labute approximate surface area is 134 Å². The van der Waals surface area contributed by atoms with Gasteiger partial charge >= 0.3 is 0 Å². The van der Waals surface area contributed by atoms with E-state index >= 15 is 0 Å². The number of aliphatic hydroxyl groups excluding tert-OH is 1. The molecule has 3 fully saturated rings. The van der Waals surface area contributed by atoms with E-state index < -0.39 is 6.29 Å². The third-order valence-corrected chi connectivity index (χ3v) is 6.31. The number of Topliss-reactive ketones (excluding diaryl/α,β-unsaturated/α-hetero) is 1. The molecule has 3 nitrogen and oxygen atoms in total. The predicted molar refractivity (Wildman–Crippen MR) is 86.2 cm³/mol. The fourth-order valence-corrected chi connectivity index (χ4v) is 5.68. The first-order valence-corrected chi connectivity index (χ1v) is 8.76. The van der Waals surface area contributed by atoms with E-state index in [0.717, 1.165) is 18.4 Å². The summed E-state index contributed by atoms with van der Waals surface area (Å²) in [5.74, 6) is 0.529. The van der Waals surface area contributed by atoms with Crippen LogP contribution in [0.2, 0.25) is 0 Å². The van der Waals surface area contributed by atoms with Gasteiger partial charge in [0.2, 0.25) is 0 Å². The molecule has 1 heterocycles. The van der Waals surface area contributed by atoms with Crippen LogP contribution in [-0.4, -0.2) is 23.8 Å². The molecule has 2 aliphatic carbocycles. The second kappa shape index (κ2) is 5.45. The molecular formula is C19H30O3. The van der Waals surface area contributed by atoms with Crippen LogP contribution in [0.1, 0.15) is 59.8 Å². The SMILES string of the molecule is C/C=C1/[C@H]2[C@H](CO[C@@H]2O)CC(=O)[C@H]1[C@@]1(C)CCCC(C)(C)C1. The molecule has 0 amide bonds. The van der Waals surface area contributed by atoms with Gasteiger partial charge in [-0.25, -0.2) is 0 Å². The molecule has 3 heteroatoms. The molecule has 5 atom stereocenters. The lowest BCUT2D eigenvalue weighted by molar-refractivity contribution is -0.131. The Hall–Kier alpha value is -0.670. The molecule has 2 saturated carbocycles. The third kappa shape index (κ3) is 2.56. The van der Waals surface area contributed by atoms with E-state index in [1.54, 1.807) is 0 Å². The van der Waals surface area contributed by atoms with E-state index in [1.807, 2.05) is 6.92 Å². The van der Waals surface area contributed by atoms with Gasteiger partial charge in [0.05, 0.1) is 6.61 Å². The van der Waals surface area contributed by atoms with Crippen molar-refractivity contribution < 1.29 is 14.6 Å². The summed E-state index contributed by atoms with van der Waals surface area (Å²) in [4.78, 5) is 13.0. The monoisotopic (exact) mass is 306 g/mol. The van der Waals surface area contributed by atoms with Gasteiger partial charge < -0.3 is 9.84 Å². The highest BCUT2D eigenvalue weighted by Gasteiger charge is 2.54. The maximum atomic E-state index is 13.0. The van der Waals surface area contributed by atoms with Gasteiger partial charge in [-0.15, -0.1) is 0 Å². The fraction of sp³-hybridized carbons (Fsp3) is 0.842. The highest BCUT2D eigenvalue weighted by atomic mass is 16.6. The minimum Gasteiger partial charge on any atom is -0.367 e. The van der Waals surface area contributed by atoms with Crippen molar-refractivity contribution in [2.75, 3.05) is 6.61 Å². The lowest BCUT2D eigenvalue weighted by Gasteiger charge is -2.50. The van der Waals surface area contributed by atoms with Gasteiger partial charge in [-0.05, 0) is 37.0 Å². The standard InChI is InChI=1S/C19H30O3/c1-5-13-15-12(10-22-17(15)21)9-14(20)16(13)19(4)8-6-7-18(2,3)11-19/h5,12,15-17,21H,6-11H2,1-4H3/b13-5-/t12-,15+,16-,17-,19-/m0/s1. The average molecular weight is 306 g/mol. The second-order valence-electron chi connectivity index (χ2n) is 8.75. The highest BCUT2D eigenvalue weighted by molar-refractivity contribution is 5.86. The zero-order chi connectivity index (χ0) is 16.1. The van der Waals surface area contributed by atoms with Gasteiger partial charge in [0.1, 0.15) is 5.78 Å². The molecule has 124 valence electrons. The van der Waals surface area contributed by atoms with E-state index in [2.05, 4.69) is 26.8 Å². The van der Waals surface area contributed by atoms with E-state index in [-0.39, 0.29) is 23.2 Å². The summed E-state index contributed by atoms with van der Waals surface area (Å²) in [5.41, 5.74) is 1.47. The van der Waals surface area contributed by atoms with Crippen molar-refractivity contribution in [2.24, 2.45) is 28.6 Å². The van der Waals surface area contributed by atoms with Crippen molar-refractivity contribution in [3.05, 3.63) is 11.6 Å². The summed E-state index contributed by atoms with van der Waals surface area (Å²) in [7, 11) is 0. The molecule has 1 saturated heterocycles. The van der Waals surface area contributed by atoms with Crippen LogP contribution in [0.25, 0.3) is 0 Å². The Morgan fingerprint density at radius 1 is 1.27 bits per heavy atom. The van der Waals surface area contributed by atoms with Crippen LogP contribution < -0.4 is 0 Å². The van der Waals surface area contributed by atoms with Crippen LogP contribution in [0.5, 0.6) is 0 Å².